The molecule has 2 fully saturated rings. The highest BCUT2D eigenvalue weighted by molar-refractivity contribution is 7.99. The van der Waals surface area contributed by atoms with Gasteiger partial charge in [-0.05, 0) is 32.4 Å². The Balaban J connectivity index is 1.58. The number of nitriles is 1. The average molecular weight is 744 g/mol. The number of halogens is 5. The van der Waals surface area contributed by atoms with Crippen LogP contribution >= 0.6 is 23.1 Å². The standard InChI is InChI=1S/C34H30F5N7O3S2/c1-4-23(47)46-15(2)11-43(12-16(46)3)32-18-8-20(34(37,38)39)26(27-21(35)9-22(36)29-25(27)19(10-40)31(41)51-29)30-28(18)45(33(49)42-32)13-17(14-50-30)44-7-5-6-24(44)48/h4,8-9,15-17H,1,5-7,11-14,41H2,2-3H3/t15-,16+,17?. The van der Waals surface area contributed by atoms with Crippen molar-refractivity contribution in [3.8, 4) is 17.2 Å². The summed E-state index contributed by atoms with van der Waals surface area (Å²) in [6.45, 7) is 7.63. The molecule has 17 heteroatoms. The number of nitrogens with zero attached hydrogens (tertiary/aromatic N) is 6. The van der Waals surface area contributed by atoms with Crippen LogP contribution in [-0.2, 0) is 22.3 Å². The maximum atomic E-state index is 16.2. The molecule has 2 N–H and O–H groups in total. The van der Waals surface area contributed by atoms with Crippen LogP contribution < -0.4 is 16.3 Å². The summed E-state index contributed by atoms with van der Waals surface area (Å²) in [7, 11) is 0. The predicted octanol–water partition coefficient (Wildman–Crippen LogP) is 5.74. The van der Waals surface area contributed by atoms with Crippen LogP contribution in [0.3, 0.4) is 0 Å². The Morgan fingerprint density at radius 2 is 1.82 bits per heavy atom. The molecule has 2 amide bonds. The molecule has 2 saturated heterocycles. The van der Waals surface area contributed by atoms with E-state index in [0.717, 1.165) is 17.8 Å². The first-order valence-electron chi connectivity index (χ1n) is 16.1. The number of thioether (sulfide) groups is 1. The molecule has 0 bridgehead atoms. The molecule has 10 nitrogen and oxygen atoms in total. The number of hydrogen-bond donors (Lipinski definition) is 1. The minimum atomic E-state index is -5.12. The first-order chi connectivity index (χ1) is 24.2. The highest BCUT2D eigenvalue weighted by atomic mass is 32.2. The Morgan fingerprint density at radius 1 is 1.12 bits per heavy atom. The zero-order valence-corrected chi connectivity index (χ0v) is 28.9. The van der Waals surface area contributed by atoms with Crippen LogP contribution in [0.4, 0.5) is 32.8 Å². The van der Waals surface area contributed by atoms with Crippen molar-refractivity contribution in [2.24, 2.45) is 0 Å². The normalized spacial score (nSPS) is 21.0. The van der Waals surface area contributed by atoms with Gasteiger partial charge in [0.2, 0.25) is 11.8 Å². The molecule has 51 heavy (non-hydrogen) atoms. The molecule has 1 unspecified atom stereocenters. The van der Waals surface area contributed by atoms with Crippen molar-refractivity contribution in [1.29, 1.82) is 5.26 Å². The summed E-state index contributed by atoms with van der Waals surface area (Å²) in [5, 5.41) is 9.33. The van der Waals surface area contributed by atoms with Crippen molar-refractivity contribution >= 4 is 66.7 Å². The monoisotopic (exact) mass is 743 g/mol. The maximum Gasteiger partial charge on any atom is 0.417 e. The van der Waals surface area contributed by atoms with Gasteiger partial charge in [0.15, 0.2) is 0 Å². The van der Waals surface area contributed by atoms with E-state index in [1.54, 1.807) is 34.6 Å². The molecule has 5 heterocycles. The van der Waals surface area contributed by atoms with Crippen molar-refractivity contribution < 1.29 is 31.5 Å². The molecule has 0 radical (unpaired) electrons. The Labute approximate surface area is 295 Å². The third-order valence-electron chi connectivity index (χ3n) is 9.77. The van der Waals surface area contributed by atoms with Crippen LogP contribution in [0.1, 0.15) is 37.8 Å². The van der Waals surface area contributed by atoms with Crippen LogP contribution in [0.15, 0.2) is 34.5 Å². The van der Waals surface area contributed by atoms with E-state index in [0.29, 0.717) is 30.4 Å². The van der Waals surface area contributed by atoms with E-state index >= 15 is 22.0 Å². The van der Waals surface area contributed by atoms with Gasteiger partial charge in [0.1, 0.15) is 28.5 Å². The number of carbonyl (C=O) groups excluding carboxylic acids is 2. The van der Waals surface area contributed by atoms with Gasteiger partial charge in [0, 0.05) is 83.3 Å². The molecule has 3 aliphatic rings. The van der Waals surface area contributed by atoms with E-state index in [4.69, 9.17) is 5.73 Å². The number of alkyl halides is 3. The van der Waals surface area contributed by atoms with Crippen molar-refractivity contribution in [2.75, 3.05) is 36.0 Å². The molecule has 7 rings (SSSR count). The van der Waals surface area contributed by atoms with E-state index in [1.807, 2.05) is 0 Å². The van der Waals surface area contributed by atoms with Crippen LogP contribution in [0.2, 0.25) is 0 Å². The second-order valence-electron chi connectivity index (χ2n) is 12.9. The average Bonchev–Trinajstić information content (AvgIpc) is 3.57. The summed E-state index contributed by atoms with van der Waals surface area (Å²) in [4.78, 5) is 48.6. The van der Waals surface area contributed by atoms with Gasteiger partial charge >= 0.3 is 11.9 Å². The topological polar surface area (TPSA) is 129 Å². The summed E-state index contributed by atoms with van der Waals surface area (Å²) < 4.78 is 78.6. The third-order valence-corrected chi connectivity index (χ3v) is 12.0. The van der Waals surface area contributed by atoms with Crippen LogP contribution in [-0.4, -0.2) is 74.7 Å². The van der Waals surface area contributed by atoms with E-state index < -0.39 is 63.7 Å². The number of rotatable bonds is 4. The first-order valence-corrected chi connectivity index (χ1v) is 17.9. The van der Waals surface area contributed by atoms with Gasteiger partial charge in [-0.2, -0.15) is 23.4 Å². The molecule has 2 aromatic heterocycles. The molecule has 0 spiro atoms. The fourth-order valence-corrected chi connectivity index (χ4v) is 10.0. The van der Waals surface area contributed by atoms with Gasteiger partial charge < -0.3 is 20.4 Å². The summed E-state index contributed by atoms with van der Waals surface area (Å²) in [5.41, 5.74) is 2.26. The number of benzene rings is 2. The Morgan fingerprint density at radius 3 is 2.43 bits per heavy atom. The van der Waals surface area contributed by atoms with Crippen LogP contribution in [0.25, 0.3) is 32.1 Å². The number of carbonyl (C=O) groups is 2. The van der Waals surface area contributed by atoms with Gasteiger partial charge in [-0.25, -0.2) is 13.6 Å². The second-order valence-corrected chi connectivity index (χ2v) is 15.0. The molecule has 3 atom stereocenters. The number of likely N-dealkylation sites (tertiary alicyclic amines) is 1. The number of hydrogen-bond acceptors (Lipinski definition) is 9. The summed E-state index contributed by atoms with van der Waals surface area (Å²) in [6, 6.07) is 1.59. The number of nitrogen functional groups attached to an aromatic ring is 1. The van der Waals surface area contributed by atoms with Crippen molar-refractivity contribution in [3.63, 3.8) is 0 Å². The van der Waals surface area contributed by atoms with Gasteiger partial charge in [-0.1, -0.05) is 6.58 Å². The minimum Gasteiger partial charge on any atom is -0.389 e. The molecule has 3 aliphatic heterocycles. The number of piperazine rings is 1. The van der Waals surface area contributed by atoms with Crippen LogP contribution in [0.5, 0.6) is 0 Å². The second kappa shape index (κ2) is 12.5. The fourth-order valence-electron chi connectivity index (χ4n) is 7.72. The molecule has 266 valence electrons. The molecule has 0 saturated carbocycles. The van der Waals surface area contributed by atoms with E-state index in [9.17, 15) is 19.6 Å². The first kappa shape index (κ1) is 34.7. The van der Waals surface area contributed by atoms with Gasteiger partial charge in [-0.15, -0.1) is 23.1 Å². The minimum absolute atomic E-state index is 0.0376. The number of anilines is 2. The smallest absolute Gasteiger partial charge is 0.389 e. The number of thiophene rings is 1. The molecule has 4 aromatic rings. The van der Waals surface area contributed by atoms with Crippen molar-refractivity contribution in [1.82, 2.24) is 19.4 Å². The summed E-state index contributed by atoms with van der Waals surface area (Å²) in [5.74, 6) is -2.92. The lowest BCUT2D eigenvalue weighted by atomic mass is 9.92. The number of fused-ring (bicyclic) bond motifs is 1. The quantitative estimate of drug-likeness (QED) is 0.207. The van der Waals surface area contributed by atoms with Gasteiger partial charge in [0.05, 0.1) is 27.4 Å². The van der Waals surface area contributed by atoms with E-state index in [1.165, 1.54) is 10.6 Å². The zero-order valence-electron chi connectivity index (χ0n) is 27.3. The Bertz CT molecular complexity index is 2270. The number of nitrogens with two attached hydrogens (primary N) is 1. The lowest BCUT2D eigenvalue weighted by molar-refractivity contribution is -0.137. The SMILES string of the molecule is C=CC(=O)N1[C@H](C)CN(c2nc(=O)n3c4c(c(-c5c(F)cc(F)c6sc(N)c(C#N)c56)c(C(F)(F)F)cc24)SCC(N2CCCC2=O)C3)C[C@@H]1C. The lowest BCUT2D eigenvalue weighted by Gasteiger charge is -2.44. The summed E-state index contributed by atoms with van der Waals surface area (Å²) >= 11 is 1.55. The van der Waals surface area contributed by atoms with E-state index in [-0.39, 0.29) is 80.5 Å². The highest BCUT2D eigenvalue weighted by Crippen LogP contribution is 2.52. The van der Waals surface area contributed by atoms with Crippen molar-refractivity contribution in [2.45, 2.75) is 62.4 Å². The van der Waals surface area contributed by atoms with Crippen LogP contribution in [0, 0.1) is 23.0 Å². The molecular formula is C34H30F5N7O3S2. The molecule has 0 aliphatic carbocycles. The molecule has 2 aromatic carbocycles. The van der Waals surface area contributed by atoms with Gasteiger partial charge in [0.25, 0.3) is 0 Å². The largest absolute Gasteiger partial charge is 0.417 e. The Hall–Kier alpha value is -4.69. The zero-order chi connectivity index (χ0) is 36.7. The van der Waals surface area contributed by atoms with Crippen molar-refractivity contribution in [3.05, 3.63) is 58.0 Å². The fraction of sp³-hybridized carbons (Fsp3) is 0.382. The predicted molar refractivity (Wildman–Crippen MR) is 185 cm³/mol. The number of amides is 2. The third kappa shape index (κ3) is 5.50. The highest BCUT2D eigenvalue weighted by Gasteiger charge is 2.42. The van der Waals surface area contributed by atoms with E-state index in [2.05, 4.69) is 11.6 Å². The summed E-state index contributed by atoms with van der Waals surface area (Å²) in [6.07, 6.45) is -3.08. The Kier molecular flexibility index (Phi) is 8.53. The number of aromatic nitrogens is 2. The van der Waals surface area contributed by atoms with Gasteiger partial charge in [-0.3, -0.25) is 14.2 Å². The molecular weight excluding hydrogens is 714 g/mol. The lowest BCUT2D eigenvalue weighted by Crippen LogP contribution is -2.58. The maximum absolute atomic E-state index is 16.2.